The molecule has 0 saturated carbocycles. The Kier molecular flexibility index (Phi) is 2.33. The monoisotopic (exact) mass is 244 g/mol. The molecule has 0 radical (unpaired) electrons. The van der Waals surface area contributed by atoms with Gasteiger partial charge < -0.3 is 5.11 Å². The third kappa shape index (κ3) is 1.30. The average molecular weight is 244 g/mol. The Hall–Kier alpha value is -1.65. The molecule has 0 aromatic heterocycles. The fraction of sp³-hybridized carbons (Fsp3) is 0.357. The van der Waals surface area contributed by atoms with E-state index in [4.69, 9.17) is 0 Å². The number of hydrazine groups is 1. The first-order chi connectivity index (χ1) is 8.55. The summed E-state index contributed by atoms with van der Waals surface area (Å²) in [5.41, 5.74) is 1.57. The Labute approximate surface area is 106 Å². The molecule has 1 N–H and O–H groups in total. The maximum Gasteiger partial charge on any atom is 0.237 e. The van der Waals surface area contributed by atoms with Gasteiger partial charge in [-0.15, -0.1) is 0 Å². The molecule has 1 saturated heterocycles. The summed E-state index contributed by atoms with van der Waals surface area (Å²) >= 11 is 0. The van der Waals surface area contributed by atoms with Crippen molar-refractivity contribution >= 4 is 11.5 Å². The van der Waals surface area contributed by atoms with Gasteiger partial charge in [0.15, 0.2) is 0 Å². The van der Waals surface area contributed by atoms with Gasteiger partial charge in [0.05, 0.1) is 11.6 Å². The maximum absolute atomic E-state index is 11.6. The van der Waals surface area contributed by atoms with E-state index in [2.05, 4.69) is 0 Å². The van der Waals surface area contributed by atoms with Crippen LogP contribution in [0.5, 0.6) is 0 Å². The van der Waals surface area contributed by atoms with Crippen LogP contribution in [0.25, 0.3) is 5.57 Å². The third-order valence-electron chi connectivity index (χ3n) is 4.00. The molecule has 1 aromatic carbocycles. The zero-order valence-electron chi connectivity index (χ0n) is 10.5. The van der Waals surface area contributed by atoms with Gasteiger partial charge in [-0.2, -0.15) is 5.01 Å². The lowest BCUT2D eigenvalue weighted by atomic mass is 9.77. The lowest BCUT2D eigenvalue weighted by molar-refractivity contribution is -0.186. The zero-order valence-corrected chi connectivity index (χ0v) is 10.5. The van der Waals surface area contributed by atoms with Crippen LogP contribution in [0.2, 0.25) is 0 Å². The minimum absolute atomic E-state index is 0.0287. The average Bonchev–Trinajstić information content (AvgIpc) is 2.61. The lowest BCUT2D eigenvalue weighted by Gasteiger charge is -2.53. The van der Waals surface area contributed by atoms with Gasteiger partial charge >= 0.3 is 0 Å². The number of aliphatic hydroxyl groups excluding tert-OH is 1. The molecule has 2 unspecified atom stereocenters. The van der Waals surface area contributed by atoms with Crippen molar-refractivity contribution in [3.63, 3.8) is 0 Å². The topological polar surface area (TPSA) is 43.8 Å². The van der Waals surface area contributed by atoms with E-state index >= 15 is 0 Å². The molecular weight excluding hydrogens is 228 g/mol. The molecule has 2 atom stereocenters. The van der Waals surface area contributed by atoms with E-state index in [1.165, 1.54) is 6.92 Å². The van der Waals surface area contributed by atoms with Crippen molar-refractivity contribution in [3.8, 4) is 0 Å². The lowest BCUT2D eigenvalue weighted by Crippen LogP contribution is -2.70. The van der Waals surface area contributed by atoms with Gasteiger partial charge in [-0.05, 0) is 12.5 Å². The molecule has 2 aliphatic heterocycles. The summed E-state index contributed by atoms with van der Waals surface area (Å²) in [4.78, 5) is 11.6. The number of rotatable bonds is 1. The van der Waals surface area contributed by atoms with E-state index in [1.54, 1.807) is 5.01 Å². The van der Waals surface area contributed by atoms with Crippen molar-refractivity contribution in [2.24, 2.45) is 0 Å². The quantitative estimate of drug-likeness (QED) is 0.808. The van der Waals surface area contributed by atoms with Crippen molar-refractivity contribution in [2.75, 3.05) is 6.54 Å². The van der Waals surface area contributed by atoms with Crippen LogP contribution in [0, 0.1) is 0 Å². The van der Waals surface area contributed by atoms with Crippen molar-refractivity contribution < 1.29 is 9.90 Å². The fourth-order valence-electron chi connectivity index (χ4n) is 2.79. The maximum atomic E-state index is 11.6. The smallest absolute Gasteiger partial charge is 0.237 e. The van der Waals surface area contributed by atoms with Crippen LogP contribution < -0.4 is 0 Å². The molecule has 18 heavy (non-hydrogen) atoms. The number of benzene rings is 1. The van der Waals surface area contributed by atoms with E-state index in [1.807, 2.05) is 48.5 Å². The molecule has 4 heteroatoms. The van der Waals surface area contributed by atoms with Crippen LogP contribution in [0.3, 0.4) is 0 Å². The summed E-state index contributed by atoms with van der Waals surface area (Å²) < 4.78 is 0. The molecule has 0 spiro atoms. The standard InChI is InChI=1S/C14H16N2O2/c1-10(17)15-8-12(11-6-4-3-5-7-11)14(2)13(18)9-16(14)15/h3-8,13,18H,9H2,1-2H3. The van der Waals surface area contributed by atoms with Gasteiger partial charge in [-0.1, -0.05) is 30.3 Å². The number of amides is 1. The number of hydrogen-bond donors (Lipinski definition) is 1. The van der Waals surface area contributed by atoms with Crippen LogP contribution >= 0.6 is 0 Å². The summed E-state index contributed by atoms with van der Waals surface area (Å²) in [5, 5.41) is 13.6. The Balaban J connectivity index is 2.07. The molecule has 0 bridgehead atoms. The van der Waals surface area contributed by atoms with Gasteiger partial charge in [0.1, 0.15) is 0 Å². The molecule has 2 heterocycles. The first kappa shape index (κ1) is 11.4. The molecule has 3 rings (SSSR count). The van der Waals surface area contributed by atoms with Gasteiger partial charge in [-0.25, -0.2) is 5.01 Å². The van der Waals surface area contributed by atoms with Crippen LogP contribution in [0.4, 0.5) is 0 Å². The van der Waals surface area contributed by atoms with Gasteiger partial charge in [-0.3, -0.25) is 4.79 Å². The summed E-state index contributed by atoms with van der Waals surface area (Å²) in [5.74, 6) is -0.0287. The van der Waals surface area contributed by atoms with Crippen LogP contribution in [0.1, 0.15) is 19.4 Å². The van der Waals surface area contributed by atoms with E-state index in [-0.39, 0.29) is 5.91 Å². The number of aliphatic hydroxyl groups is 1. The van der Waals surface area contributed by atoms with Crippen LogP contribution in [-0.2, 0) is 4.79 Å². The predicted octanol–water partition coefficient (Wildman–Crippen LogP) is 1.24. The largest absolute Gasteiger partial charge is 0.389 e. The van der Waals surface area contributed by atoms with Crippen molar-refractivity contribution in [2.45, 2.75) is 25.5 Å². The number of fused-ring (bicyclic) bond motifs is 1. The first-order valence-corrected chi connectivity index (χ1v) is 6.08. The Morgan fingerprint density at radius 2 is 2.06 bits per heavy atom. The number of carbonyl (C=O) groups excluding carboxylic acids is 1. The summed E-state index contributed by atoms with van der Waals surface area (Å²) in [6, 6.07) is 9.89. The molecule has 0 aliphatic carbocycles. The van der Waals surface area contributed by atoms with Gasteiger partial charge in [0.2, 0.25) is 5.91 Å². The van der Waals surface area contributed by atoms with E-state index in [0.717, 1.165) is 11.1 Å². The van der Waals surface area contributed by atoms with Crippen LogP contribution in [-0.4, -0.2) is 39.2 Å². The van der Waals surface area contributed by atoms with Gasteiger partial charge in [0, 0.05) is 25.2 Å². The predicted molar refractivity (Wildman–Crippen MR) is 68.1 cm³/mol. The molecule has 1 amide bonds. The number of nitrogens with zero attached hydrogens (tertiary/aromatic N) is 2. The summed E-state index contributed by atoms with van der Waals surface area (Å²) in [6.45, 7) is 4.02. The van der Waals surface area contributed by atoms with Crippen molar-refractivity contribution in [1.29, 1.82) is 0 Å². The number of carbonyl (C=O) groups is 1. The first-order valence-electron chi connectivity index (χ1n) is 6.08. The fourth-order valence-corrected chi connectivity index (χ4v) is 2.79. The Morgan fingerprint density at radius 3 is 2.61 bits per heavy atom. The summed E-state index contributed by atoms with van der Waals surface area (Å²) in [7, 11) is 0. The SMILES string of the molecule is CC(=O)N1C=C(c2ccccc2)C2(C)C(O)CN12. The minimum atomic E-state index is -0.479. The normalized spacial score (nSPS) is 30.7. The van der Waals surface area contributed by atoms with Crippen LogP contribution in [0.15, 0.2) is 36.5 Å². The highest BCUT2D eigenvalue weighted by Crippen LogP contribution is 2.47. The highest BCUT2D eigenvalue weighted by atomic mass is 16.3. The Morgan fingerprint density at radius 1 is 1.39 bits per heavy atom. The van der Waals surface area contributed by atoms with Crippen molar-refractivity contribution in [3.05, 3.63) is 42.1 Å². The van der Waals surface area contributed by atoms with Gasteiger partial charge in [0.25, 0.3) is 0 Å². The second-order valence-corrected chi connectivity index (χ2v) is 5.02. The molecule has 4 nitrogen and oxygen atoms in total. The van der Waals surface area contributed by atoms with E-state index < -0.39 is 11.6 Å². The highest BCUT2D eigenvalue weighted by molar-refractivity contribution is 5.83. The van der Waals surface area contributed by atoms with Crippen molar-refractivity contribution in [1.82, 2.24) is 10.0 Å². The number of hydrogen-bond acceptors (Lipinski definition) is 3. The third-order valence-corrected chi connectivity index (χ3v) is 4.00. The highest BCUT2D eigenvalue weighted by Gasteiger charge is 2.58. The summed E-state index contributed by atoms with van der Waals surface area (Å²) in [6.07, 6.45) is 1.40. The second-order valence-electron chi connectivity index (χ2n) is 5.02. The minimum Gasteiger partial charge on any atom is -0.389 e. The molecular formula is C14H16N2O2. The van der Waals surface area contributed by atoms with E-state index in [0.29, 0.717) is 6.54 Å². The molecule has 1 aromatic rings. The second kappa shape index (κ2) is 3.67. The molecule has 2 aliphatic rings. The Bertz CT molecular complexity index is 526. The molecule has 94 valence electrons. The molecule has 1 fully saturated rings. The van der Waals surface area contributed by atoms with E-state index in [9.17, 15) is 9.90 Å². The zero-order chi connectivity index (χ0) is 12.9.